The maximum absolute atomic E-state index is 11.8. The Morgan fingerprint density at radius 2 is 2.05 bits per heavy atom. The molecule has 1 heterocycles. The summed E-state index contributed by atoms with van der Waals surface area (Å²) in [6.45, 7) is 16.2. The van der Waals surface area contributed by atoms with Gasteiger partial charge in [0.25, 0.3) is 0 Å². The van der Waals surface area contributed by atoms with E-state index in [-0.39, 0.29) is 22.3 Å². The van der Waals surface area contributed by atoms with E-state index in [4.69, 9.17) is 4.74 Å². The summed E-state index contributed by atoms with van der Waals surface area (Å²) >= 11 is 0. The fourth-order valence-corrected chi connectivity index (χ4v) is 3.56. The van der Waals surface area contributed by atoms with E-state index in [1.165, 1.54) is 5.57 Å². The number of rotatable bonds is 0. The molecule has 22 heavy (non-hydrogen) atoms. The molecule has 2 nitrogen and oxygen atoms in total. The van der Waals surface area contributed by atoms with Crippen LogP contribution in [0, 0.1) is 17.4 Å². The molecule has 1 aliphatic carbocycles. The standard InChI is InChI=1S/C19H28O2Si/c1-14(9-11-22(6,7)18(2,3)4)16-13-21-19(5)10-8-15(20)12-17(16)19/h8,10,17H,12-13H2,1-7H3/b16-14-/t17-,19-/m1/s1. The fraction of sp³-hybridized carbons (Fsp3) is 0.632. The van der Waals surface area contributed by atoms with Crippen LogP contribution in [0.4, 0.5) is 0 Å². The van der Waals surface area contributed by atoms with Gasteiger partial charge < -0.3 is 4.74 Å². The van der Waals surface area contributed by atoms with Gasteiger partial charge in [-0.3, -0.25) is 4.79 Å². The molecule has 1 aliphatic heterocycles. The normalized spacial score (nSPS) is 30.7. The Balaban J connectivity index is 2.33. The second-order valence-electron chi connectivity index (χ2n) is 8.30. The Kier molecular flexibility index (Phi) is 4.32. The van der Waals surface area contributed by atoms with Gasteiger partial charge >= 0.3 is 0 Å². The maximum Gasteiger partial charge on any atom is 0.156 e. The van der Waals surface area contributed by atoms with Gasteiger partial charge in [-0.05, 0) is 36.6 Å². The third-order valence-corrected chi connectivity index (χ3v) is 10.1. The third-order valence-electron chi connectivity index (χ3n) is 5.58. The van der Waals surface area contributed by atoms with Crippen molar-refractivity contribution in [3.8, 4) is 11.5 Å². The maximum atomic E-state index is 11.8. The number of ether oxygens (including phenoxy) is 1. The first-order valence-corrected chi connectivity index (χ1v) is 11.1. The highest BCUT2D eigenvalue weighted by atomic mass is 28.3. The van der Waals surface area contributed by atoms with Crippen molar-refractivity contribution in [2.45, 2.75) is 64.8 Å². The molecule has 2 rings (SSSR count). The molecule has 0 N–H and O–H groups in total. The van der Waals surface area contributed by atoms with Gasteiger partial charge in [0.1, 0.15) is 8.07 Å². The molecule has 0 spiro atoms. The molecule has 0 bridgehead atoms. The lowest BCUT2D eigenvalue weighted by Gasteiger charge is -2.31. The summed E-state index contributed by atoms with van der Waals surface area (Å²) < 4.78 is 5.97. The van der Waals surface area contributed by atoms with Crippen LogP contribution in [-0.4, -0.2) is 26.1 Å². The summed E-state index contributed by atoms with van der Waals surface area (Å²) in [5, 5.41) is 0.259. The minimum Gasteiger partial charge on any atom is -0.366 e. The van der Waals surface area contributed by atoms with E-state index in [2.05, 4.69) is 59.2 Å². The Labute approximate surface area is 136 Å². The second kappa shape index (κ2) is 5.51. The molecule has 1 fully saturated rings. The lowest BCUT2D eigenvalue weighted by atomic mass is 9.77. The van der Waals surface area contributed by atoms with Gasteiger partial charge in [0.05, 0.1) is 12.2 Å². The Morgan fingerprint density at radius 3 is 2.64 bits per heavy atom. The SMILES string of the molecule is C/C(C#C[Si](C)(C)C(C)(C)C)=C1\CO[C@]2(C)C=CC(=O)C[C@H]12. The summed E-state index contributed by atoms with van der Waals surface area (Å²) in [6.07, 6.45) is 4.13. The Bertz CT molecular complexity index is 608. The molecule has 2 aliphatic rings. The van der Waals surface area contributed by atoms with Crippen LogP contribution in [0.15, 0.2) is 23.3 Å². The molecule has 0 unspecified atom stereocenters. The third kappa shape index (κ3) is 3.14. The summed E-state index contributed by atoms with van der Waals surface area (Å²) in [5.74, 6) is 3.75. The molecule has 0 amide bonds. The first kappa shape index (κ1) is 17.2. The molecular formula is C19H28O2Si. The molecule has 0 radical (unpaired) electrons. The molecule has 0 aromatic rings. The number of carbonyl (C=O) groups is 1. The minimum atomic E-state index is -1.61. The van der Waals surface area contributed by atoms with Gasteiger partial charge in [0.15, 0.2) is 5.78 Å². The van der Waals surface area contributed by atoms with E-state index < -0.39 is 8.07 Å². The molecule has 2 atom stereocenters. The number of allylic oxidation sites excluding steroid dienone is 2. The van der Waals surface area contributed by atoms with E-state index >= 15 is 0 Å². The fourth-order valence-electron chi connectivity index (χ4n) is 2.69. The van der Waals surface area contributed by atoms with Crippen molar-refractivity contribution in [3.05, 3.63) is 23.3 Å². The number of hydrogen-bond donors (Lipinski definition) is 0. The van der Waals surface area contributed by atoms with Crippen LogP contribution in [0.1, 0.15) is 41.0 Å². The highest BCUT2D eigenvalue weighted by Gasteiger charge is 2.45. The van der Waals surface area contributed by atoms with Crippen LogP contribution in [0.5, 0.6) is 0 Å². The Hall–Kier alpha value is -1.11. The van der Waals surface area contributed by atoms with Gasteiger partial charge in [0.2, 0.25) is 0 Å². The van der Waals surface area contributed by atoms with Crippen molar-refractivity contribution in [1.29, 1.82) is 0 Å². The zero-order valence-electron chi connectivity index (χ0n) is 15.0. The predicted octanol–water partition coefficient (Wildman–Crippen LogP) is 4.29. The van der Waals surface area contributed by atoms with Gasteiger partial charge in [0, 0.05) is 17.9 Å². The van der Waals surface area contributed by atoms with Crippen molar-refractivity contribution in [1.82, 2.24) is 0 Å². The monoisotopic (exact) mass is 316 g/mol. The average Bonchev–Trinajstić information content (AvgIpc) is 2.72. The summed E-state index contributed by atoms with van der Waals surface area (Å²) in [7, 11) is -1.61. The predicted molar refractivity (Wildman–Crippen MR) is 94.3 cm³/mol. The van der Waals surface area contributed by atoms with Crippen molar-refractivity contribution >= 4 is 13.9 Å². The number of hydrogen-bond acceptors (Lipinski definition) is 2. The molecule has 120 valence electrons. The van der Waals surface area contributed by atoms with Crippen LogP contribution < -0.4 is 0 Å². The summed E-state index contributed by atoms with van der Waals surface area (Å²) in [5.41, 5.74) is 5.55. The number of fused-ring (bicyclic) bond motifs is 1. The van der Waals surface area contributed by atoms with Crippen LogP contribution >= 0.6 is 0 Å². The van der Waals surface area contributed by atoms with Crippen LogP contribution in [0.25, 0.3) is 0 Å². The highest BCUT2D eigenvalue weighted by Crippen LogP contribution is 2.43. The van der Waals surface area contributed by atoms with E-state index in [9.17, 15) is 4.79 Å². The Morgan fingerprint density at radius 1 is 1.41 bits per heavy atom. The van der Waals surface area contributed by atoms with E-state index in [1.807, 2.05) is 6.08 Å². The molecular weight excluding hydrogens is 288 g/mol. The van der Waals surface area contributed by atoms with E-state index in [0.29, 0.717) is 13.0 Å². The van der Waals surface area contributed by atoms with Gasteiger partial charge in [-0.2, -0.15) is 0 Å². The largest absolute Gasteiger partial charge is 0.366 e. The topological polar surface area (TPSA) is 26.3 Å². The molecule has 0 aromatic carbocycles. The van der Waals surface area contributed by atoms with Gasteiger partial charge in [-0.1, -0.05) is 39.8 Å². The number of carbonyl (C=O) groups excluding carboxylic acids is 1. The smallest absolute Gasteiger partial charge is 0.156 e. The van der Waals surface area contributed by atoms with Crippen molar-refractivity contribution in [3.63, 3.8) is 0 Å². The quantitative estimate of drug-likeness (QED) is 0.492. The van der Waals surface area contributed by atoms with Crippen LogP contribution in [-0.2, 0) is 9.53 Å². The number of ketones is 1. The van der Waals surface area contributed by atoms with E-state index in [1.54, 1.807) is 6.08 Å². The lowest BCUT2D eigenvalue weighted by molar-refractivity contribution is -0.117. The van der Waals surface area contributed by atoms with Gasteiger partial charge in [-0.25, -0.2) is 0 Å². The van der Waals surface area contributed by atoms with Crippen molar-refractivity contribution in [2.75, 3.05) is 6.61 Å². The second-order valence-corrected chi connectivity index (χ2v) is 13.3. The van der Waals surface area contributed by atoms with Crippen LogP contribution in [0.3, 0.4) is 0 Å². The van der Waals surface area contributed by atoms with Crippen LogP contribution in [0.2, 0.25) is 18.1 Å². The van der Waals surface area contributed by atoms with Gasteiger partial charge in [-0.15, -0.1) is 5.54 Å². The summed E-state index contributed by atoms with van der Waals surface area (Å²) in [6, 6.07) is 0. The minimum absolute atomic E-state index is 0.152. The first-order valence-electron chi connectivity index (χ1n) is 8.05. The average molecular weight is 317 g/mol. The highest BCUT2D eigenvalue weighted by molar-refractivity contribution is 6.87. The molecule has 1 saturated heterocycles. The lowest BCUT2D eigenvalue weighted by Crippen LogP contribution is -2.35. The van der Waals surface area contributed by atoms with E-state index in [0.717, 1.165) is 5.57 Å². The zero-order chi connectivity index (χ0) is 16.8. The van der Waals surface area contributed by atoms with Crippen molar-refractivity contribution < 1.29 is 9.53 Å². The summed E-state index contributed by atoms with van der Waals surface area (Å²) in [4.78, 5) is 11.8. The first-order chi connectivity index (χ1) is 9.96. The molecule has 0 aromatic heterocycles. The zero-order valence-corrected chi connectivity index (χ0v) is 16.0. The molecule has 3 heteroatoms. The molecule has 0 saturated carbocycles. The van der Waals surface area contributed by atoms with Crippen molar-refractivity contribution in [2.24, 2.45) is 5.92 Å².